The summed E-state index contributed by atoms with van der Waals surface area (Å²) in [5.74, 6) is 0. The van der Waals surface area contributed by atoms with Gasteiger partial charge in [-0.25, -0.2) is 0 Å². The van der Waals surface area contributed by atoms with Crippen molar-refractivity contribution >= 4 is 27.3 Å². The molecule has 0 saturated carbocycles. The van der Waals surface area contributed by atoms with Crippen LogP contribution in [0.4, 0.5) is 0 Å². The fraction of sp³-hybridized carbons (Fsp3) is 0.250. The summed E-state index contributed by atoms with van der Waals surface area (Å²) >= 11 is 0. The van der Waals surface area contributed by atoms with E-state index in [1.54, 1.807) is 0 Å². The van der Waals surface area contributed by atoms with Gasteiger partial charge in [-0.05, 0) is 18.5 Å². The van der Waals surface area contributed by atoms with Gasteiger partial charge in [0.25, 0.3) is 0 Å². The Kier molecular flexibility index (Phi) is 5.91. The first-order valence-electron chi connectivity index (χ1n) is 3.17. The maximum atomic E-state index is 5.36. The molecule has 10 heavy (non-hydrogen) atoms. The van der Waals surface area contributed by atoms with E-state index in [4.69, 9.17) is 5.73 Å². The Hall–Kier alpha value is 0.102. The summed E-state index contributed by atoms with van der Waals surface area (Å²) in [5.41, 5.74) is 6.68. The van der Waals surface area contributed by atoms with Crippen molar-refractivity contribution in [3.63, 3.8) is 0 Å². The molecule has 1 nitrogen and oxygen atoms in total. The summed E-state index contributed by atoms with van der Waals surface area (Å²) in [6.07, 6.45) is 0.987. The molecule has 2 heteroatoms. The van der Waals surface area contributed by atoms with Gasteiger partial charge < -0.3 is 5.73 Å². The Balaban J connectivity index is 0.000000810. The molecular weight excluding hydrogens is 317 g/mol. The number of rotatable bonds is 2. The third-order valence-corrected chi connectivity index (χ3v) is 1.28. The van der Waals surface area contributed by atoms with E-state index in [2.05, 4.69) is 12.1 Å². The van der Waals surface area contributed by atoms with Crippen molar-refractivity contribution in [1.29, 1.82) is 0 Å². The van der Waals surface area contributed by atoms with E-state index in [0.717, 1.165) is 13.0 Å². The molecule has 0 amide bonds. The Morgan fingerprint density at radius 2 is 1.70 bits per heavy atom. The average molecular weight is 330 g/mol. The first-order valence-corrected chi connectivity index (χ1v) is 3.17. The molecule has 0 atom stereocenters. The molecule has 2 N–H and O–H groups in total. The topological polar surface area (TPSA) is 26.0 Å². The SMILES string of the molecule is NCCc1ccccc1.[PbH2]. The summed E-state index contributed by atoms with van der Waals surface area (Å²) in [7, 11) is 0. The van der Waals surface area contributed by atoms with Crippen LogP contribution in [0, 0.1) is 0 Å². The van der Waals surface area contributed by atoms with Crippen molar-refractivity contribution in [3.8, 4) is 0 Å². The quantitative estimate of drug-likeness (QED) is 0.774. The first kappa shape index (κ1) is 10.1. The van der Waals surface area contributed by atoms with E-state index < -0.39 is 0 Å². The van der Waals surface area contributed by atoms with E-state index in [1.807, 2.05) is 18.2 Å². The van der Waals surface area contributed by atoms with Gasteiger partial charge in [0.05, 0.1) is 0 Å². The van der Waals surface area contributed by atoms with Crippen molar-refractivity contribution in [2.24, 2.45) is 5.73 Å². The van der Waals surface area contributed by atoms with Crippen molar-refractivity contribution in [1.82, 2.24) is 0 Å². The summed E-state index contributed by atoms with van der Waals surface area (Å²) in [6, 6.07) is 10.3. The van der Waals surface area contributed by atoms with Crippen molar-refractivity contribution in [2.45, 2.75) is 6.42 Å². The molecular formula is C8H13NPb. The predicted molar refractivity (Wildman–Crippen MR) is 47.7 cm³/mol. The molecule has 0 aromatic heterocycles. The molecule has 54 valence electrons. The van der Waals surface area contributed by atoms with Crippen LogP contribution in [0.15, 0.2) is 30.3 Å². The molecule has 0 bridgehead atoms. The van der Waals surface area contributed by atoms with Crippen LogP contribution in [0.25, 0.3) is 0 Å². The Labute approximate surface area is 81.8 Å². The van der Waals surface area contributed by atoms with Crippen LogP contribution in [0.2, 0.25) is 0 Å². The zero-order valence-electron chi connectivity index (χ0n) is 6.09. The molecule has 0 aliphatic carbocycles. The third kappa shape index (κ3) is 3.32. The predicted octanol–water partition coefficient (Wildman–Crippen LogP) is 0.272. The summed E-state index contributed by atoms with van der Waals surface area (Å²) < 4.78 is 0. The fourth-order valence-corrected chi connectivity index (χ4v) is 0.811. The van der Waals surface area contributed by atoms with E-state index in [0.29, 0.717) is 0 Å². The number of benzene rings is 1. The van der Waals surface area contributed by atoms with Gasteiger partial charge in [-0.15, -0.1) is 0 Å². The van der Waals surface area contributed by atoms with Gasteiger partial charge in [-0.2, -0.15) is 0 Å². The minimum atomic E-state index is 0. The average Bonchev–Trinajstić information content (AvgIpc) is 1.91. The van der Waals surface area contributed by atoms with Crippen LogP contribution in [0.1, 0.15) is 5.56 Å². The molecule has 1 rings (SSSR count). The molecule has 1 aromatic carbocycles. The van der Waals surface area contributed by atoms with Gasteiger partial charge in [0, 0.05) is 0 Å². The van der Waals surface area contributed by atoms with Crippen molar-refractivity contribution < 1.29 is 0 Å². The summed E-state index contributed by atoms with van der Waals surface area (Å²) in [5, 5.41) is 0. The maximum absolute atomic E-state index is 5.36. The van der Waals surface area contributed by atoms with E-state index >= 15 is 0 Å². The van der Waals surface area contributed by atoms with E-state index in [9.17, 15) is 0 Å². The van der Waals surface area contributed by atoms with Gasteiger partial charge in [-0.3, -0.25) is 0 Å². The first-order chi connectivity index (χ1) is 4.43. The normalized spacial score (nSPS) is 8.50. The molecule has 0 heterocycles. The van der Waals surface area contributed by atoms with E-state index in [1.165, 1.54) is 5.56 Å². The number of hydrogen-bond acceptors (Lipinski definition) is 1. The zero-order valence-corrected chi connectivity index (χ0v) is 11.6. The Morgan fingerprint density at radius 3 is 2.20 bits per heavy atom. The number of hydrogen-bond donors (Lipinski definition) is 1. The van der Waals surface area contributed by atoms with Crippen molar-refractivity contribution in [3.05, 3.63) is 35.9 Å². The fourth-order valence-electron chi connectivity index (χ4n) is 0.811. The van der Waals surface area contributed by atoms with Gasteiger partial charge in [0.2, 0.25) is 0 Å². The summed E-state index contributed by atoms with van der Waals surface area (Å²) in [6.45, 7) is 0.740. The molecule has 0 saturated heterocycles. The zero-order chi connectivity index (χ0) is 6.53. The van der Waals surface area contributed by atoms with Crippen LogP contribution in [0.5, 0.6) is 0 Å². The Morgan fingerprint density at radius 1 is 1.10 bits per heavy atom. The third-order valence-electron chi connectivity index (χ3n) is 1.28. The van der Waals surface area contributed by atoms with Gasteiger partial charge in [-0.1, -0.05) is 30.3 Å². The van der Waals surface area contributed by atoms with Crippen LogP contribution in [-0.2, 0) is 6.42 Å². The molecule has 0 spiro atoms. The van der Waals surface area contributed by atoms with Gasteiger partial charge in [0.15, 0.2) is 0 Å². The minimum absolute atomic E-state index is 0. The number of nitrogens with two attached hydrogens (primary N) is 1. The second-order valence-electron chi connectivity index (χ2n) is 2.02. The second-order valence-corrected chi connectivity index (χ2v) is 2.02. The molecule has 0 aliphatic rings. The van der Waals surface area contributed by atoms with Gasteiger partial charge in [0.1, 0.15) is 0 Å². The molecule has 1 aromatic rings. The van der Waals surface area contributed by atoms with Crippen LogP contribution < -0.4 is 5.73 Å². The second kappa shape index (κ2) is 5.85. The van der Waals surface area contributed by atoms with Crippen LogP contribution in [-0.4, -0.2) is 33.8 Å². The van der Waals surface area contributed by atoms with Gasteiger partial charge >= 0.3 is 27.3 Å². The van der Waals surface area contributed by atoms with E-state index in [-0.39, 0.29) is 27.3 Å². The molecule has 0 unspecified atom stereocenters. The molecule has 2 radical (unpaired) electrons. The van der Waals surface area contributed by atoms with Crippen LogP contribution >= 0.6 is 0 Å². The van der Waals surface area contributed by atoms with Crippen LogP contribution in [0.3, 0.4) is 0 Å². The molecule has 0 aliphatic heterocycles. The Bertz CT molecular complexity index is 162. The summed E-state index contributed by atoms with van der Waals surface area (Å²) in [4.78, 5) is 0. The standard InChI is InChI=1S/C8H11N.Pb.2H/c9-7-6-8-4-2-1-3-5-8;;;/h1-5H,6-7,9H2;;;. The van der Waals surface area contributed by atoms with Crippen molar-refractivity contribution in [2.75, 3.05) is 6.54 Å². The molecule has 0 fully saturated rings. The monoisotopic (exact) mass is 331 g/mol.